The largest absolute Gasteiger partial charge is 0.353 e. The lowest BCUT2D eigenvalue weighted by atomic mass is 10.2. The van der Waals surface area contributed by atoms with Gasteiger partial charge in [0.2, 0.25) is 5.91 Å². The van der Waals surface area contributed by atoms with E-state index in [9.17, 15) is 4.79 Å². The van der Waals surface area contributed by atoms with Gasteiger partial charge in [-0.2, -0.15) is 0 Å². The first-order valence-corrected chi connectivity index (χ1v) is 8.05. The number of carbonyl (C=O) groups excluding carboxylic acids is 1. The van der Waals surface area contributed by atoms with Crippen LogP contribution >= 0.6 is 23.4 Å². The number of hydrogen-bond donors (Lipinski definition) is 1. The minimum absolute atomic E-state index is 0.0412. The normalized spacial score (nSPS) is 13.9. The monoisotopic (exact) mass is 299 g/mol. The molecule has 0 saturated heterocycles. The Bertz CT molecular complexity index is 394. The van der Waals surface area contributed by atoms with E-state index < -0.39 is 0 Å². The summed E-state index contributed by atoms with van der Waals surface area (Å²) in [4.78, 5) is 13.3. The van der Waals surface area contributed by atoms with E-state index in [4.69, 9.17) is 11.6 Å². The number of carbonyl (C=O) groups is 1. The van der Waals surface area contributed by atoms with Crippen molar-refractivity contribution in [3.8, 4) is 0 Å². The Labute approximate surface area is 125 Å². The van der Waals surface area contributed by atoms with Crippen molar-refractivity contribution in [2.75, 3.05) is 0 Å². The summed E-state index contributed by atoms with van der Waals surface area (Å²) in [5.41, 5.74) is 0. The minimum atomic E-state index is -0.0412. The summed E-state index contributed by atoms with van der Waals surface area (Å²) in [7, 11) is 0. The van der Waals surface area contributed by atoms with Crippen molar-refractivity contribution in [1.29, 1.82) is 0 Å². The highest BCUT2D eigenvalue weighted by atomic mass is 35.5. The number of amides is 1. The van der Waals surface area contributed by atoms with Crippen LogP contribution in [0.4, 0.5) is 0 Å². The number of halogens is 1. The van der Waals surface area contributed by atoms with Gasteiger partial charge in [-0.15, -0.1) is 11.8 Å². The van der Waals surface area contributed by atoms with E-state index in [2.05, 4.69) is 19.2 Å². The molecule has 0 aliphatic rings. The molecule has 0 spiro atoms. The Balaban J connectivity index is 2.57. The van der Waals surface area contributed by atoms with Gasteiger partial charge in [-0.3, -0.25) is 4.79 Å². The van der Waals surface area contributed by atoms with Gasteiger partial charge in [-0.1, -0.05) is 31.9 Å². The second-order valence-electron chi connectivity index (χ2n) is 4.67. The molecule has 0 fully saturated rings. The quantitative estimate of drug-likeness (QED) is 0.750. The molecule has 0 radical (unpaired) electrons. The van der Waals surface area contributed by atoms with Crippen molar-refractivity contribution in [2.45, 2.75) is 56.2 Å². The Morgan fingerprint density at radius 2 is 1.95 bits per heavy atom. The van der Waals surface area contributed by atoms with Gasteiger partial charge in [0.15, 0.2) is 0 Å². The molecule has 0 aliphatic heterocycles. The third-order valence-corrected chi connectivity index (χ3v) is 4.49. The second kappa shape index (κ2) is 8.49. The predicted molar refractivity (Wildman–Crippen MR) is 83.9 cm³/mol. The van der Waals surface area contributed by atoms with E-state index in [1.165, 1.54) is 0 Å². The van der Waals surface area contributed by atoms with Crippen LogP contribution in [-0.4, -0.2) is 17.2 Å². The fourth-order valence-corrected chi connectivity index (χ4v) is 2.93. The standard InChI is InChI=1S/C15H22ClNOS/c1-4-6-11(3)17-15(18)14(5-2)19-13-9-7-12(16)8-10-13/h7-11,14H,4-6H2,1-3H3,(H,17,18)/t11-,14-/m0/s1. The van der Waals surface area contributed by atoms with Crippen LogP contribution in [0.3, 0.4) is 0 Å². The maximum absolute atomic E-state index is 12.2. The average molecular weight is 300 g/mol. The van der Waals surface area contributed by atoms with E-state index >= 15 is 0 Å². The second-order valence-corrected chi connectivity index (χ2v) is 6.38. The zero-order valence-electron chi connectivity index (χ0n) is 11.8. The van der Waals surface area contributed by atoms with E-state index in [0.29, 0.717) is 0 Å². The summed E-state index contributed by atoms with van der Waals surface area (Å²) in [6, 6.07) is 7.87. The molecular weight excluding hydrogens is 278 g/mol. The third-order valence-electron chi connectivity index (χ3n) is 2.87. The lowest BCUT2D eigenvalue weighted by Gasteiger charge is -2.18. The number of nitrogens with one attached hydrogen (secondary N) is 1. The first kappa shape index (κ1) is 16.4. The van der Waals surface area contributed by atoms with Gasteiger partial charge in [0, 0.05) is 16.0 Å². The highest BCUT2D eigenvalue weighted by Crippen LogP contribution is 2.26. The molecule has 0 aromatic heterocycles. The minimum Gasteiger partial charge on any atom is -0.353 e. The van der Waals surface area contributed by atoms with Gasteiger partial charge in [0.1, 0.15) is 0 Å². The smallest absolute Gasteiger partial charge is 0.233 e. The van der Waals surface area contributed by atoms with Gasteiger partial charge in [-0.25, -0.2) is 0 Å². The van der Waals surface area contributed by atoms with Crippen molar-refractivity contribution < 1.29 is 4.79 Å². The van der Waals surface area contributed by atoms with Gasteiger partial charge in [0.25, 0.3) is 0 Å². The SMILES string of the molecule is CCC[C@H](C)NC(=O)[C@H](CC)Sc1ccc(Cl)cc1. The zero-order chi connectivity index (χ0) is 14.3. The summed E-state index contributed by atoms with van der Waals surface area (Å²) in [6.45, 7) is 6.22. The van der Waals surface area contributed by atoms with E-state index in [-0.39, 0.29) is 17.2 Å². The highest BCUT2D eigenvalue weighted by Gasteiger charge is 2.19. The topological polar surface area (TPSA) is 29.1 Å². The van der Waals surface area contributed by atoms with Crippen molar-refractivity contribution in [3.63, 3.8) is 0 Å². The molecule has 4 heteroatoms. The van der Waals surface area contributed by atoms with Crippen molar-refractivity contribution in [3.05, 3.63) is 29.3 Å². The number of thioether (sulfide) groups is 1. The summed E-state index contributed by atoms with van der Waals surface area (Å²) in [5.74, 6) is 0.128. The molecule has 0 heterocycles. The molecule has 1 N–H and O–H groups in total. The van der Waals surface area contributed by atoms with Crippen LogP contribution in [0.25, 0.3) is 0 Å². The molecule has 0 aliphatic carbocycles. The Kier molecular flexibility index (Phi) is 7.32. The molecular formula is C15H22ClNOS. The van der Waals surface area contributed by atoms with E-state index in [0.717, 1.165) is 29.2 Å². The molecule has 2 atom stereocenters. The molecule has 1 amide bonds. The Morgan fingerprint density at radius 1 is 1.32 bits per heavy atom. The molecule has 1 aromatic carbocycles. The van der Waals surface area contributed by atoms with Crippen molar-refractivity contribution in [1.82, 2.24) is 5.32 Å². The van der Waals surface area contributed by atoms with Crippen LogP contribution in [0.15, 0.2) is 29.2 Å². The fourth-order valence-electron chi connectivity index (χ4n) is 1.84. The first-order chi connectivity index (χ1) is 9.06. The first-order valence-electron chi connectivity index (χ1n) is 6.79. The Morgan fingerprint density at radius 3 is 2.47 bits per heavy atom. The lowest BCUT2D eigenvalue weighted by molar-refractivity contribution is -0.121. The number of hydrogen-bond acceptors (Lipinski definition) is 2. The van der Waals surface area contributed by atoms with E-state index in [1.54, 1.807) is 11.8 Å². The molecule has 0 unspecified atom stereocenters. The van der Waals surface area contributed by atoms with Gasteiger partial charge >= 0.3 is 0 Å². The van der Waals surface area contributed by atoms with Crippen LogP contribution in [0, 0.1) is 0 Å². The summed E-state index contributed by atoms with van der Waals surface area (Å²) in [5, 5.41) is 3.76. The van der Waals surface area contributed by atoms with Gasteiger partial charge in [-0.05, 0) is 44.0 Å². The average Bonchev–Trinajstić information content (AvgIpc) is 2.38. The molecule has 1 aromatic rings. The fraction of sp³-hybridized carbons (Fsp3) is 0.533. The van der Waals surface area contributed by atoms with Crippen LogP contribution in [0.1, 0.15) is 40.0 Å². The molecule has 106 valence electrons. The lowest BCUT2D eigenvalue weighted by Crippen LogP contribution is -2.38. The molecule has 0 bridgehead atoms. The maximum Gasteiger partial charge on any atom is 0.233 e. The van der Waals surface area contributed by atoms with Crippen molar-refractivity contribution in [2.24, 2.45) is 0 Å². The predicted octanol–water partition coefficient (Wildman–Crippen LogP) is 4.52. The maximum atomic E-state index is 12.2. The van der Waals surface area contributed by atoms with Crippen LogP contribution in [-0.2, 0) is 4.79 Å². The number of benzene rings is 1. The summed E-state index contributed by atoms with van der Waals surface area (Å²) >= 11 is 7.45. The molecule has 19 heavy (non-hydrogen) atoms. The Hall–Kier alpha value is -0.670. The van der Waals surface area contributed by atoms with Crippen LogP contribution < -0.4 is 5.32 Å². The zero-order valence-corrected chi connectivity index (χ0v) is 13.4. The summed E-state index contributed by atoms with van der Waals surface area (Å²) < 4.78 is 0. The third kappa shape index (κ3) is 5.87. The van der Waals surface area contributed by atoms with Crippen LogP contribution in [0.5, 0.6) is 0 Å². The van der Waals surface area contributed by atoms with Crippen molar-refractivity contribution >= 4 is 29.3 Å². The molecule has 0 saturated carbocycles. The molecule has 2 nitrogen and oxygen atoms in total. The summed E-state index contributed by atoms with van der Waals surface area (Å²) in [6.07, 6.45) is 2.92. The number of rotatable bonds is 7. The van der Waals surface area contributed by atoms with Gasteiger partial charge in [0.05, 0.1) is 5.25 Å². The van der Waals surface area contributed by atoms with E-state index in [1.807, 2.05) is 31.2 Å². The highest BCUT2D eigenvalue weighted by molar-refractivity contribution is 8.00. The van der Waals surface area contributed by atoms with Gasteiger partial charge < -0.3 is 5.32 Å². The molecule has 1 rings (SSSR count). The van der Waals surface area contributed by atoms with Crippen LogP contribution in [0.2, 0.25) is 5.02 Å².